The zero-order chi connectivity index (χ0) is 19.9. The molecule has 148 valence electrons. The Kier molecular flexibility index (Phi) is 6.66. The molecule has 0 aromatic heterocycles. The first-order valence-corrected chi connectivity index (χ1v) is 9.60. The molecular formula is C22H26N2O4. The van der Waals surface area contributed by atoms with Gasteiger partial charge in [-0.15, -0.1) is 0 Å². The molecule has 1 saturated heterocycles. The van der Waals surface area contributed by atoms with Crippen molar-refractivity contribution < 1.29 is 19.1 Å². The Morgan fingerprint density at radius 2 is 1.75 bits per heavy atom. The van der Waals surface area contributed by atoms with Crippen LogP contribution in [0.4, 0.5) is 5.69 Å². The Balaban J connectivity index is 1.60. The third kappa shape index (κ3) is 5.33. The highest BCUT2D eigenvalue weighted by atomic mass is 16.5. The van der Waals surface area contributed by atoms with Gasteiger partial charge in [-0.2, -0.15) is 0 Å². The summed E-state index contributed by atoms with van der Waals surface area (Å²) in [6, 6.07) is 13.9. The van der Waals surface area contributed by atoms with Crippen molar-refractivity contribution in [2.45, 2.75) is 38.9 Å². The number of carbonyl (C=O) groups is 2. The maximum Gasteiger partial charge on any atom is 0.255 e. The topological polar surface area (TPSA) is 76.7 Å². The number of hydrogen-bond acceptors (Lipinski definition) is 4. The fraction of sp³-hybridized carbons (Fsp3) is 0.364. The van der Waals surface area contributed by atoms with Gasteiger partial charge in [0.05, 0.1) is 17.9 Å². The molecule has 1 atom stereocenters. The predicted octanol–water partition coefficient (Wildman–Crippen LogP) is 3.63. The van der Waals surface area contributed by atoms with Gasteiger partial charge in [-0.25, -0.2) is 0 Å². The summed E-state index contributed by atoms with van der Waals surface area (Å²) in [7, 11) is 0. The van der Waals surface area contributed by atoms with Crippen molar-refractivity contribution in [3.63, 3.8) is 0 Å². The van der Waals surface area contributed by atoms with E-state index in [1.807, 2.05) is 32.0 Å². The summed E-state index contributed by atoms with van der Waals surface area (Å²) in [6.45, 7) is 5.13. The smallest absolute Gasteiger partial charge is 0.255 e. The zero-order valence-electron chi connectivity index (χ0n) is 16.2. The molecule has 0 aliphatic carbocycles. The number of ether oxygens (including phenoxy) is 2. The third-order valence-electron chi connectivity index (χ3n) is 4.42. The van der Waals surface area contributed by atoms with Crippen LogP contribution in [0.1, 0.15) is 47.4 Å². The van der Waals surface area contributed by atoms with Crippen molar-refractivity contribution >= 4 is 17.5 Å². The first-order chi connectivity index (χ1) is 13.5. The van der Waals surface area contributed by atoms with Gasteiger partial charge in [0.1, 0.15) is 5.75 Å². The van der Waals surface area contributed by atoms with Crippen LogP contribution in [0.5, 0.6) is 5.75 Å². The number of hydrogen-bond donors (Lipinski definition) is 2. The molecule has 6 heteroatoms. The summed E-state index contributed by atoms with van der Waals surface area (Å²) in [6.07, 6.45) is 2.12. The summed E-state index contributed by atoms with van der Waals surface area (Å²) < 4.78 is 11.2. The quantitative estimate of drug-likeness (QED) is 0.767. The summed E-state index contributed by atoms with van der Waals surface area (Å²) in [5.41, 5.74) is 1.59. The van der Waals surface area contributed by atoms with Crippen molar-refractivity contribution in [2.75, 3.05) is 18.5 Å². The van der Waals surface area contributed by atoms with Crippen molar-refractivity contribution in [3.05, 3.63) is 59.7 Å². The van der Waals surface area contributed by atoms with Gasteiger partial charge in [0, 0.05) is 24.3 Å². The van der Waals surface area contributed by atoms with Gasteiger partial charge in [-0.3, -0.25) is 9.59 Å². The summed E-state index contributed by atoms with van der Waals surface area (Å²) >= 11 is 0. The highest BCUT2D eigenvalue weighted by molar-refractivity contribution is 6.05. The molecule has 2 N–H and O–H groups in total. The second-order valence-electron chi connectivity index (χ2n) is 7.04. The van der Waals surface area contributed by atoms with Gasteiger partial charge in [-0.1, -0.05) is 12.1 Å². The van der Waals surface area contributed by atoms with E-state index in [0.29, 0.717) is 29.1 Å². The Morgan fingerprint density at radius 1 is 1.07 bits per heavy atom. The molecule has 3 rings (SSSR count). The van der Waals surface area contributed by atoms with Crippen LogP contribution < -0.4 is 15.4 Å². The van der Waals surface area contributed by atoms with Crippen LogP contribution >= 0.6 is 0 Å². The summed E-state index contributed by atoms with van der Waals surface area (Å²) in [5, 5.41) is 5.74. The van der Waals surface area contributed by atoms with Crippen LogP contribution in [0.15, 0.2) is 48.5 Å². The first kappa shape index (κ1) is 19.9. The van der Waals surface area contributed by atoms with Crippen molar-refractivity contribution in [1.82, 2.24) is 5.32 Å². The second kappa shape index (κ2) is 9.37. The number of anilines is 1. The molecule has 2 aromatic rings. The number of benzene rings is 2. The standard InChI is InChI=1S/C22H26N2O4/c1-15(2)28-20-8-4-3-7-19(20)24-22(26)17-11-9-16(10-12-17)21(25)23-14-18-6-5-13-27-18/h3-4,7-12,15,18H,5-6,13-14H2,1-2H3,(H,23,25)(H,24,26). The molecule has 0 spiro atoms. The van der Waals surface area contributed by atoms with Gasteiger partial charge < -0.3 is 20.1 Å². The highest BCUT2D eigenvalue weighted by Crippen LogP contribution is 2.25. The van der Waals surface area contributed by atoms with Gasteiger partial charge in [-0.05, 0) is 63.1 Å². The SMILES string of the molecule is CC(C)Oc1ccccc1NC(=O)c1ccc(C(=O)NCC2CCCO2)cc1. The lowest BCUT2D eigenvalue weighted by molar-refractivity contribution is 0.0857. The third-order valence-corrected chi connectivity index (χ3v) is 4.42. The van der Waals surface area contributed by atoms with E-state index in [0.717, 1.165) is 19.4 Å². The fourth-order valence-corrected chi connectivity index (χ4v) is 3.01. The van der Waals surface area contributed by atoms with E-state index in [1.165, 1.54) is 0 Å². The Labute approximate surface area is 165 Å². The molecule has 1 aliphatic rings. The van der Waals surface area contributed by atoms with E-state index in [1.54, 1.807) is 30.3 Å². The van der Waals surface area contributed by atoms with Crippen LogP contribution in [-0.2, 0) is 4.74 Å². The molecular weight excluding hydrogens is 356 g/mol. The van der Waals surface area contributed by atoms with E-state index < -0.39 is 0 Å². The van der Waals surface area contributed by atoms with Crippen molar-refractivity contribution in [1.29, 1.82) is 0 Å². The molecule has 0 bridgehead atoms. The lowest BCUT2D eigenvalue weighted by atomic mass is 10.1. The van der Waals surface area contributed by atoms with Crippen LogP contribution in [0, 0.1) is 0 Å². The lowest BCUT2D eigenvalue weighted by Gasteiger charge is -2.15. The zero-order valence-corrected chi connectivity index (χ0v) is 16.2. The van der Waals surface area contributed by atoms with Gasteiger partial charge in [0.15, 0.2) is 0 Å². The molecule has 2 aromatic carbocycles. The summed E-state index contributed by atoms with van der Waals surface area (Å²) in [5.74, 6) is 0.195. The first-order valence-electron chi connectivity index (χ1n) is 9.60. The van der Waals surface area contributed by atoms with Crippen LogP contribution in [-0.4, -0.2) is 37.2 Å². The number of carbonyl (C=O) groups excluding carboxylic acids is 2. The number of amides is 2. The Bertz CT molecular complexity index is 812. The maximum atomic E-state index is 12.5. The van der Waals surface area contributed by atoms with E-state index in [2.05, 4.69) is 10.6 Å². The van der Waals surface area contributed by atoms with Crippen molar-refractivity contribution in [2.24, 2.45) is 0 Å². The molecule has 2 amide bonds. The normalized spacial score (nSPS) is 16.0. The Morgan fingerprint density at radius 3 is 2.39 bits per heavy atom. The molecule has 1 aliphatic heterocycles. The second-order valence-corrected chi connectivity index (χ2v) is 7.04. The van der Waals surface area contributed by atoms with E-state index >= 15 is 0 Å². The molecule has 1 heterocycles. The summed E-state index contributed by atoms with van der Waals surface area (Å²) in [4.78, 5) is 24.8. The fourth-order valence-electron chi connectivity index (χ4n) is 3.01. The van der Waals surface area contributed by atoms with Gasteiger partial charge in [0.25, 0.3) is 11.8 Å². The average Bonchev–Trinajstić information content (AvgIpc) is 3.21. The van der Waals surface area contributed by atoms with Crippen LogP contribution in [0.3, 0.4) is 0 Å². The molecule has 0 saturated carbocycles. The Hall–Kier alpha value is -2.86. The minimum absolute atomic E-state index is 0.00507. The molecule has 28 heavy (non-hydrogen) atoms. The lowest BCUT2D eigenvalue weighted by Crippen LogP contribution is -2.31. The van der Waals surface area contributed by atoms with Gasteiger partial charge in [0.2, 0.25) is 0 Å². The number of para-hydroxylation sites is 2. The predicted molar refractivity (Wildman–Crippen MR) is 108 cm³/mol. The van der Waals surface area contributed by atoms with E-state index in [-0.39, 0.29) is 24.0 Å². The average molecular weight is 382 g/mol. The number of rotatable bonds is 7. The highest BCUT2D eigenvalue weighted by Gasteiger charge is 2.17. The van der Waals surface area contributed by atoms with Gasteiger partial charge >= 0.3 is 0 Å². The molecule has 0 radical (unpaired) electrons. The van der Waals surface area contributed by atoms with Crippen molar-refractivity contribution in [3.8, 4) is 5.75 Å². The monoisotopic (exact) mass is 382 g/mol. The maximum absolute atomic E-state index is 12.5. The van der Waals surface area contributed by atoms with Crippen LogP contribution in [0.25, 0.3) is 0 Å². The molecule has 1 fully saturated rings. The van der Waals surface area contributed by atoms with Crippen LogP contribution in [0.2, 0.25) is 0 Å². The van der Waals surface area contributed by atoms with E-state index in [4.69, 9.17) is 9.47 Å². The van der Waals surface area contributed by atoms with E-state index in [9.17, 15) is 9.59 Å². The minimum atomic E-state index is -0.258. The largest absolute Gasteiger partial charge is 0.489 e. The minimum Gasteiger partial charge on any atom is -0.489 e. The number of nitrogens with one attached hydrogen (secondary N) is 2. The molecule has 6 nitrogen and oxygen atoms in total. The molecule has 1 unspecified atom stereocenters.